The fourth-order valence-electron chi connectivity index (χ4n) is 2.96. The number of hydrogen-bond acceptors (Lipinski definition) is 6. The average molecular weight is 468 g/mol. The largest absolute Gasteiger partial charge is 0.493 e. The summed E-state index contributed by atoms with van der Waals surface area (Å²) < 4.78 is 16.0. The number of nitrogens with zero attached hydrogens (tertiary/aromatic N) is 1. The molecule has 160 valence electrons. The van der Waals surface area contributed by atoms with E-state index in [0.717, 1.165) is 0 Å². The second-order valence-electron chi connectivity index (χ2n) is 6.60. The van der Waals surface area contributed by atoms with E-state index in [1.807, 2.05) is 0 Å². The van der Waals surface area contributed by atoms with E-state index < -0.39 is 11.9 Å². The maximum Gasteiger partial charge on any atom is 0.363 e. The van der Waals surface area contributed by atoms with Crippen molar-refractivity contribution in [3.63, 3.8) is 0 Å². The molecule has 8 heteroatoms. The van der Waals surface area contributed by atoms with Crippen LogP contribution in [0.5, 0.6) is 11.5 Å². The van der Waals surface area contributed by atoms with E-state index >= 15 is 0 Å². The Kier molecular flexibility index (Phi) is 6.25. The van der Waals surface area contributed by atoms with Crippen molar-refractivity contribution in [3.8, 4) is 11.5 Å². The number of cyclic esters (lactones) is 1. The number of aliphatic imine (C=N–C) groups is 1. The van der Waals surface area contributed by atoms with E-state index in [4.69, 9.17) is 37.4 Å². The number of carbonyl (C=O) groups excluding carboxylic acids is 2. The zero-order valence-corrected chi connectivity index (χ0v) is 18.2. The molecule has 0 amide bonds. The molecule has 4 rings (SSSR count). The molecule has 0 radical (unpaired) electrons. The summed E-state index contributed by atoms with van der Waals surface area (Å²) in [6.07, 6.45) is 1.54. The molecule has 0 unspecified atom stereocenters. The van der Waals surface area contributed by atoms with Gasteiger partial charge in [0, 0.05) is 0 Å². The Hall–Kier alpha value is -3.61. The molecule has 1 aliphatic heterocycles. The van der Waals surface area contributed by atoms with Crippen LogP contribution in [0.25, 0.3) is 6.08 Å². The molecule has 0 atom stereocenters. The summed E-state index contributed by atoms with van der Waals surface area (Å²) in [6, 6.07) is 18.3. The predicted molar refractivity (Wildman–Crippen MR) is 121 cm³/mol. The van der Waals surface area contributed by atoms with E-state index in [-0.39, 0.29) is 27.9 Å². The highest BCUT2D eigenvalue weighted by atomic mass is 35.5. The molecule has 0 saturated heterocycles. The van der Waals surface area contributed by atoms with Crippen molar-refractivity contribution in [1.82, 2.24) is 0 Å². The number of ether oxygens (including phenoxy) is 3. The van der Waals surface area contributed by atoms with Gasteiger partial charge in [0.15, 0.2) is 17.2 Å². The molecule has 32 heavy (non-hydrogen) atoms. The van der Waals surface area contributed by atoms with E-state index in [0.29, 0.717) is 21.9 Å². The monoisotopic (exact) mass is 467 g/mol. The third-order valence-corrected chi connectivity index (χ3v) is 5.17. The van der Waals surface area contributed by atoms with Gasteiger partial charge in [-0.1, -0.05) is 53.5 Å². The first-order valence-corrected chi connectivity index (χ1v) is 10.1. The van der Waals surface area contributed by atoms with Gasteiger partial charge in [-0.2, -0.15) is 0 Å². The minimum absolute atomic E-state index is 0.0998. The first kappa shape index (κ1) is 21.6. The van der Waals surface area contributed by atoms with E-state index in [1.165, 1.54) is 13.2 Å². The number of methoxy groups -OCH3 is 1. The molecule has 0 saturated carbocycles. The van der Waals surface area contributed by atoms with Gasteiger partial charge in [-0.3, -0.25) is 0 Å². The van der Waals surface area contributed by atoms with Crippen molar-refractivity contribution in [1.29, 1.82) is 0 Å². The molecule has 1 heterocycles. The zero-order chi connectivity index (χ0) is 22.7. The first-order valence-electron chi connectivity index (χ1n) is 9.38. The van der Waals surface area contributed by atoms with Crippen LogP contribution in [0.1, 0.15) is 21.5 Å². The van der Waals surface area contributed by atoms with Crippen molar-refractivity contribution < 1.29 is 23.8 Å². The Morgan fingerprint density at radius 3 is 2.41 bits per heavy atom. The first-order chi connectivity index (χ1) is 15.5. The van der Waals surface area contributed by atoms with Gasteiger partial charge >= 0.3 is 11.9 Å². The summed E-state index contributed by atoms with van der Waals surface area (Å²) in [6.45, 7) is 0. The Morgan fingerprint density at radius 2 is 1.69 bits per heavy atom. The molecule has 0 aromatic heterocycles. The number of hydrogen-bond donors (Lipinski definition) is 0. The number of halogens is 2. The number of benzene rings is 3. The highest BCUT2D eigenvalue weighted by molar-refractivity contribution is 6.34. The van der Waals surface area contributed by atoms with Crippen LogP contribution in [0.15, 0.2) is 77.4 Å². The van der Waals surface area contributed by atoms with Crippen molar-refractivity contribution in [3.05, 3.63) is 99.2 Å². The highest BCUT2D eigenvalue weighted by Gasteiger charge is 2.25. The van der Waals surface area contributed by atoms with Gasteiger partial charge in [-0.15, -0.1) is 0 Å². The minimum atomic E-state index is -0.617. The summed E-state index contributed by atoms with van der Waals surface area (Å²) in [5.74, 6) is -0.596. The molecule has 6 nitrogen and oxygen atoms in total. The van der Waals surface area contributed by atoms with Gasteiger partial charge in [0.25, 0.3) is 0 Å². The molecule has 0 N–H and O–H groups in total. The van der Waals surface area contributed by atoms with Crippen LogP contribution in [-0.4, -0.2) is 24.9 Å². The van der Waals surface area contributed by atoms with Crippen molar-refractivity contribution >= 4 is 47.1 Å². The van der Waals surface area contributed by atoms with Gasteiger partial charge in [-0.25, -0.2) is 14.6 Å². The van der Waals surface area contributed by atoms with Crippen LogP contribution in [0.2, 0.25) is 10.0 Å². The van der Waals surface area contributed by atoms with Crippen LogP contribution in [0.4, 0.5) is 0 Å². The predicted octanol–water partition coefficient (Wildman–Crippen LogP) is 5.57. The minimum Gasteiger partial charge on any atom is -0.493 e. The zero-order valence-electron chi connectivity index (χ0n) is 16.7. The molecule has 0 spiro atoms. The van der Waals surface area contributed by atoms with Crippen molar-refractivity contribution in [2.45, 2.75) is 0 Å². The Labute approximate surface area is 193 Å². The van der Waals surface area contributed by atoms with Gasteiger partial charge < -0.3 is 14.2 Å². The molecular weight excluding hydrogens is 453 g/mol. The molecule has 1 aliphatic rings. The second kappa shape index (κ2) is 9.26. The maximum atomic E-state index is 12.4. The highest BCUT2D eigenvalue weighted by Crippen LogP contribution is 2.31. The molecular formula is C24H15Cl2NO5. The lowest BCUT2D eigenvalue weighted by Crippen LogP contribution is -2.09. The third-order valence-electron chi connectivity index (χ3n) is 4.51. The molecule has 3 aromatic rings. The van der Waals surface area contributed by atoms with Gasteiger partial charge in [0.05, 0.1) is 28.3 Å². The van der Waals surface area contributed by atoms with Crippen LogP contribution in [0.3, 0.4) is 0 Å². The van der Waals surface area contributed by atoms with E-state index in [2.05, 4.69) is 4.99 Å². The normalized spacial score (nSPS) is 14.2. The topological polar surface area (TPSA) is 74.2 Å². The van der Waals surface area contributed by atoms with Gasteiger partial charge in [0.2, 0.25) is 5.90 Å². The van der Waals surface area contributed by atoms with Gasteiger partial charge in [0.1, 0.15) is 0 Å². The fourth-order valence-corrected chi connectivity index (χ4v) is 3.39. The average Bonchev–Trinajstić information content (AvgIpc) is 3.15. The standard InChI is InChI=1S/C24H15Cl2NO5/c1-30-21-13-14(10-11-20(21)31-23(28)16-7-3-5-9-18(16)26)12-19-24(29)32-22(27-19)15-6-2-4-8-17(15)25/h2-13H,1H3/b19-12+. The summed E-state index contributed by atoms with van der Waals surface area (Å²) in [7, 11) is 1.44. The van der Waals surface area contributed by atoms with Gasteiger partial charge in [-0.05, 0) is 48.0 Å². The summed E-state index contributed by atoms with van der Waals surface area (Å²) in [5.41, 5.74) is 1.45. The smallest absolute Gasteiger partial charge is 0.363 e. The summed E-state index contributed by atoms with van der Waals surface area (Å²) in [4.78, 5) is 29.0. The second-order valence-corrected chi connectivity index (χ2v) is 7.41. The van der Waals surface area contributed by atoms with Crippen molar-refractivity contribution in [2.24, 2.45) is 4.99 Å². The lowest BCUT2D eigenvalue weighted by atomic mass is 10.1. The number of carbonyl (C=O) groups is 2. The Balaban J connectivity index is 1.60. The fraction of sp³-hybridized carbons (Fsp3) is 0.0417. The van der Waals surface area contributed by atoms with E-state index in [1.54, 1.807) is 66.7 Å². The quantitative estimate of drug-likeness (QED) is 0.278. The molecule has 0 bridgehead atoms. The SMILES string of the molecule is COc1cc(/C=C2/N=C(c3ccccc3Cl)OC2=O)ccc1OC(=O)c1ccccc1Cl. The Morgan fingerprint density at radius 1 is 0.969 bits per heavy atom. The number of rotatable bonds is 5. The van der Waals surface area contributed by atoms with Crippen LogP contribution in [0, 0.1) is 0 Å². The van der Waals surface area contributed by atoms with Crippen LogP contribution < -0.4 is 9.47 Å². The Bertz CT molecular complexity index is 1280. The number of esters is 2. The molecule has 0 fully saturated rings. The lowest BCUT2D eigenvalue weighted by Gasteiger charge is -2.10. The summed E-state index contributed by atoms with van der Waals surface area (Å²) >= 11 is 12.2. The summed E-state index contributed by atoms with van der Waals surface area (Å²) in [5, 5.41) is 0.705. The molecule has 3 aromatic carbocycles. The third kappa shape index (κ3) is 4.51. The van der Waals surface area contributed by atoms with E-state index in [9.17, 15) is 9.59 Å². The van der Waals surface area contributed by atoms with Crippen molar-refractivity contribution in [2.75, 3.05) is 7.11 Å². The maximum absolute atomic E-state index is 12.4. The molecule has 0 aliphatic carbocycles. The van der Waals surface area contributed by atoms with Crippen LogP contribution >= 0.6 is 23.2 Å². The van der Waals surface area contributed by atoms with Crippen LogP contribution in [-0.2, 0) is 9.53 Å². The lowest BCUT2D eigenvalue weighted by molar-refractivity contribution is -0.129.